The van der Waals surface area contributed by atoms with Crippen molar-refractivity contribution in [1.29, 1.82) is 0 Å². The molecule has 23 heavy (non-hydrogen) atoms. The number of para-hydroxylation sites is 1. The second-order valence-corrected chi connectivity index (χ2v) is 5.19. The Morgan fingerprint density at radius 2 is 1.61 bits per heavy atom. The highest BCUT2D eigenvalue weighted by Crippen LogP contribution is 2.22. The topological polar surface area (TPSA) is 64.6 Å². The molecule has 0 saturated heterocycles. The van der Waals surface area contributed by atoms with Crippen LogP contribution in [-0.2, 0) is 9.59 Å². The van der Waals surface area contributed by atoms with Crippen LogP contribution in [0.4, 0.5) is 5.69 Å². The van der Waals surface area contributed by atoms with Crippen molar-refractivity contribution >= 4 is 17.6 Å². The van der Waals surface area contributed by atoms with Crippen molar-refractivity contribution in [2.75, 3.05) is 11.9 Å². The Kier molecular flexibility index (Phi) is 5.36. The predicted molar refractivity (Wildman–Crippen MR) is 87.8 cm³/mol. The van der Waals surface area contributed by atoms with Crippen LogP contribution in [0, 0.1) is 13.8 Å². The SMILES string of the molecule is CC(=O)Nc1ccc(OC(=O)COc2c(C)cccc2C)cc1. The van der Waals surface area contributed by atoms with Gasteiger partial charge in [-0.1, -0.05) is 18.2 Å². The van der Waals surface area contributed by atoms with E-state index >= 15 is 0 Å². The second-order valence-electron chi connectivity index (χ2n) is 5.19. The molecule has 5 heteroatoms. The van der Waals surface area contributed by atoms with Gasteiger partial charge in [-0.3, -0.25) is 4.79 Å². The predicted octanol–water partition coefficient (Wildman–Crippen LogP) is 3.25. The van der Waals surface area contributed by atoms with Gasteiger partial charge in [0.05, 0.1) is 0 Å². The Morgan fingerprint density at radius 3 is 2.17 bits per heavy atom. The van der Waals surface area contributed by atoms with Gasteiger partial charge in [0, 0.05) is 12.6 Å². The molecular formula is C18H19NO4. The van der Waals surface area contributed by atoms with Crippen LogP contribution < -0.4 is 14.8 Å². The number of esters is 1. The molecule has 0 aliphatic heterocycles. The largest absolute Gasteiger partial charge is 0.481 e. The van der Waals surface area contributed by atoms with Gasteiger partial charge in [0.15, 0.2) is 6.61 Å². The Morgan fingerprint density at radius 1 is 1.00 bits per heavy atom. The fourth-order valence-electron chi connectivity index (χ4n) is 2.13. The monoisotopic (exact) mass is 313 g/mol. The number of aryl methyl sites for hydroxylation is 2. The van der Waals surface area contributed by atoms with E-state index in [1.807, 2.05) is 32.0 Å². The zero-order valence-corrected chi connectivity index (χ0v) is 13.4. The van der Waals surface area contributed by atoms with Gasteiger partial charge in [-0.25, -0.2) is 4.79 Å². The molecule has 0 saturated carbocycles. The zero-order valence-electron chi connectivity index (χ0n) is 13.4. The minimum atomic E-state index is -0.486. The third kappa shape index (κ3) is 4.85. The van der Waals surface area contributed by atoms with Crippen LogP contribution in [0.15, 0.2) is 42.5 Å². The standard InChI is InChI=1S/C18H19NO4/c1-12-5-4-6-13(2)18(12)22-11-17(21)23-16-9-7-15(8-10-16)19-14(3)20/h4-10H,11H2,1-3H3,(H,19,20). The van der Waals surface area contributed by atoms with Gasteiger partial charge in [-0.2, -0.15) is 0 Å². The maximum atomic E-state index is 11.9. The van der Waals surface area contributed by atoms with Crippen LogP contribution in [0.2, 0.25) is 0 Å². The van der Waals surface area contributed by atoms with Gasteiger partial charge in [0.25, 0.3) is 0 Å². The average molecular weight is 313 g/mol. The van der Waals surface area contributed by atoms with Gasteiger partial charge in [-0.15, -0.1) is 0 Å². The van der Waals surface area contributed by atoms with Crippen molar-refractivity contribution in [3.8, 4) is 11.5 Å². The van der Waals surface area contributed by atoms with Gasteiger partial charge >= 0.3 is 5.97 Å². The van der Waals surface area contributed by atoms with E-state index in [0.717, 1.165) is 11.1 Å². The van der Waals surface area contributed by atoms with E-state index in [-0.39, 0.29) is 12.5 Å². The molecule has 0 bridgehead atoms. The number of carbonyl (C=O) groups excluding carboxylic acids is 2. The summed E-state index contributed by atoms with van der Waals surface area (Å²) in [7, 11) is 0. The minimum absolute atomic E-state index is 0.156. The first-order valence-corrected chi connectivity index (χ1v) is 7.23. The lowest BCUT2D eigenvalue weighted by Gasteiger charge is -2.11. The highest BCUT2D eigenvalue weighted by atomic mass is 16.6. The lowest BCUT2D eigenvalue weighted by Crippen LogP contribution is -2.18. The number of anilines is 1. The summed E-state index contributed by atoms with van der Waals surface area (Å²) >= 11 is 0. The smallest absolute Gasteiger partial charge is 0.349 e. The maximum Gasteiger partial charge on any atom is 0.349 e. The normalized spacial score (nSPS) is 10.0. The summed E-state index contributed by atoms with van der Waals surface area (Å²) in [4.78, 5) is 22.8. The third-order valence-corrected chi connectivity index (χ3v) is 3.15. The van der Waals surface area contributed by atoms with E-state index in [9.17, 15) is 9.59 Å². The number of nitrogens with one attached hydrogen (secondary N) is 1. The van der Waals surface area contributed by atoms with E-state index in [2.05, 4.69) is 5.32 Å². The molecule has 0 unspecified atom stereocenters. The Hall–Kier alpha value is -2.82. The molecule has 0 heterocycles. The summed E-state index contributed by atoms with van der Waals surface area (Å²) in [5, 5.41) is 2.64. The van der Waals surface area contributed by atoms with Crippen molar-refractivity contribution in [3.63, 3.8) is 0 Å². The van der Waals surface area contributed by atoms with Crippen LogP contribution in [0.25, 0.3) is 0 Å². The lowest BCUT2D eigenvalue weighted by molar-refractivity contribution is -0.136. The molecule has 1 N–H and O–H groups in total. The summed E-state index contributed by atoms with van der Waals surface area (Å²) in [6.45, 7) is 5.11. The van der Waals surface area contributed by atoms with Gasteiger partial charge in [-0.05, 0) is 49.2 Å². The third-order valence-electron chi connectivity index (χ3n) is 3.15. The Bertz CT molecular complexity index is 687. The van der Waals surface area contributed by atoms with Gasteiger partial charge in [0.2, 0.25) is 5.91 Å². The molecule has 0 aliphatic rings. The van der Waals surface area contributed by atoms with E-state index in [1.165, 1.54) is 6.92 Å². The van der Waals surface area contributed by atoms with E-state index in [0.29, 0.717) is 17.2 Å². The Labute approximate surface area is 135 Å². The highest BCUT2D eigenvalue weighted by molar-refractivity contribution is 5.88. The highest BCUT2D eigenvalue weighted by Gasteiger charge is 2.09. The van der Waals surface area contributed by atoms with Crippen LogP contribution in [0.5, 0.6) is 11.5 Å². The number of carbonyl (C=O) groups is 2. The van der Waals surface area contributed by atoms with Crippen molar-refractivity contribution in [3.05, 3.63) is 53.6 Å². The molecule has 120 valence electrons. The zero-order chi connectivity index (χ0) is 16.8. The molecule has 0 atom stereocenters. The molecule has 2 aromatic carbocycles. The molecule has 0 radical (unpaired) electrons. The average Bonchev–Trinajstić information content (AvgIpc) is 2.48. The first-order valence-electron chi connectivity index (χ1n) is 7.23. The molecule has 0 aliphatic carbocycles. The van der Waals surface area contributed by atoms with E-state index in [4.69, 9.17) is 9.47 Å². The summed E-state index contributed by atoms with van der Waals surface area (Å²) in [5.74, 6) is 0.455. The van der Waals surface area contributed by atoms with Gasteiger partial charge in [0.1, 0.15) is 11.5 Å². The summed E-state index contributed by atoms with van der Waals surface area (Å²) in [5.41, 5.74) is 2.58. The lowest BCUT2D eigenvalue weighted by atomic mass is 10.1. The van der Waals surface area contributed by atoms with E-state index < -0.39 is 5.97 Å². The summed E-state index contributed by atoms with van der Waals surface area (Å²) in [6.07, 6.45) is 0. The van der Waals surface area contributed by atoms with Crippen LogP contribution >= 0.6 is 0 Å². The van der Waals surface area contributed by atoms with Gasteiger partial charge < -0.3 is 14.8 Å². The number of amides is 1. The second kappa shape index (κ2) is 7.45. The molecule has 0 aromatic heterocycles. The van der Waals surface area contributed by atoms with Crippen molar-refractivity contribution in [1.82, 2.24) is 0 Å². The van der Waals surface area contributed by atoms with Crippen LogP contribution in [-0.4, -0.2) is 18.5 Å². The first kappa shape index (κ1) is 16.5. The molecule has 5 nitrogen and oxygen atoms in total. The van der Waals surface area contributed by atoms with Crippen molar-refractivity contribution < 1.29 is 19.1 Å². The molecule has 2 aromatic rings. The maximum absolute atomic E-state index is 11.9. The first-order chi connectivity index (χ1) is 11.0. The molecule has 0 spiro atoms. The minimum Gasteiger partial charge on any atom is -0.481 e. The summed E-state index contributed by atoms with van der Waals surface area (Å²) < 4.78 is 10.7. The van der Waals surface area contributed by atoms with Crippen LogP contribution in [0.3, 0.4) is 0 Å². The number of hydrogen-bond donors (Lipinski definition) is 1. The fourth-order valence-corrected chi connectivity index (χ4v) is 2.13. The fraction of sp³-hybridized carbons (Fsp3) is 0.222. The molecule has 1 amide bonds. The number of rotatable bonds is 5. The number of ether oxygens (including phenoxy) is 2. The molecular weight excluding hydrogens is 294 g/mol. The number of hydrogen-bond acceptors (Lipinski definition) is 4. The van der Waals surface area contributed by atoms with Crippen molar-refractivity contribution in [2.24, 2.45) is 0 Å². The Balaban J connectivity index is 1.91. The molecule has 0 fully saturated rings. The molecule has 2 rings (SSSR count). The van der Waals surface area contributed by atoms with Crippen molar-refractivity contribution in [2.45, 2.75) is 20.8 Å². The summed E-state index contributed by atoms with van der Waals surface area (Å²) in [6, 6.07) is 12.3. The van der Waals surface area contributed by atoms with Crippen LogP contribution in [0.1, 0.15) is 18.1 Å². The quantitative estimate of drug-likeness (QED) is 0.680. The number of benzene rings is 2. The van der Waals surface area contributed by atoms with E-state index in [1.54, 1.807) is 24.3 Å².